The zero-order valence-corrected chi connectivity index (χ0v) is 11.5. The van der Waals surface area contributed by atoms with Gasteiger partial charge < -0.3 is 13.9 Å². The Morgan fingerprint density at radius 1 is 0.850 bits per heavy atom. The van der Waals surface area contributed by atoms with Crippen LogP contribution in [-0.4, -0.2) is 14.2 Å². The second kappa shape index (κ2) is 5.49. The van der Waals surface area contributed by atoms with E-state index in [1.165, 1.54) is 0 Å². The fraction of sp³-hybridized carbons (Fsp3) is 0.176. The molecule has 0 saturated heterocycles. The summed E-state index contributed by atoms with van der Waals surface area (Å²) in [4.78, 5) is 0. The van der Waals surface area contributed by atoms with Crippen molar-refractivity contribution in [3.63, 3.8) is 0 Å². The summed E-state index contributed by atoms with van der Waals surface area (Å²) >= 11 is 0. The molecule has 1 heterocycles. The zero-order valence-electron chi connectivity index (χ0n) is 11.5. The normalized spacial score (nSPS) is 11.3. The van der Waals surface area contributed by atoms with Crippen LogP contribution in [0.1, 0.15) is 11.9 Å². The average molecular weight is 268 g/mol. The molecule has 102 valence electrons. The SMILES string of the molecule is COC(OC)c1cccc(-c2ccc3cocc3c2)c1. The summed E-state index contributed by atoms with van der Waals surface area (Å²) in [6, 6.07) is 14.4. The first-order valence-electron chi connectivity index (χ1n) is 6.43. The van der Waals surface area contributed by atoms with Crippen LogP contribution in [0.25, 0.3) is 21.9 Å². The van der Waals surface area contributed by atoms with Crippen LogP contribution >= 0.6 is 0 Å². The van der Waals surface area contributed by atoms with Crippen molar-refractivity contribution in [1.82, 2.24) is 0 Å². The summed E-state index contributed by atoms with van der Waals surface area (Å²) in [5.41, 5.74) is 3.27. The highest BCUT2D eigenvalue weighted by Crippen LogP contribution is 2.28. The topological polar surface area (TPSA) is 31.6 Å². The largest absolute Gasteiger partial charge is 0.471 e. The van der Waals surface area contributed by atoms with Crippen molar-refractivity contribution in [3.05, 3.63) is 60.6 Å². The summed E-state index contributed by atoms with van der Waals surface area (Å²) < 4.78 is 15.8. The van der Waals surface area contributed by atoms with Crippen LogP contribution in [0.15, 0.2) is 59.4 Å². The van der Waals surface area contributed by atoms with E-state index in [2.05, 4.69) is 30.3 Å². The highest BCUT2D eigenvalue weighted by Gasteiger charge is 2.10. The third-order valence-electron chi connectivity index (χ3n) is 3.40. The Morgan fingerprint density at radius 2 is 1.60 bits per heavy atom. The average Bonchev–Trinajstić information content (AvgIpc) is 2.96. The molecule has 0 bridgehead atoms. The molecule has 0 radical (unpaired) electrons. The second-order valence-corrected chi connectivity index (χ2v) is 4.64. The lowest BCUT2D eigenvalue weighted by molar-refractivity contribution is -0.105. The molecule has 0 unspecified atom stereocenters. The Bertz CT molecular complexity index is 711. The van der Waals surface area contributed by atoms with Crippen molar-refractivity contribution in [1.29, 1.82) is 0 Å². The molecule has 0 saturated carbocycles. The number of hydrogen-bond acceptors (Lipinski definition) is 3. The number of methoxy groups -OCH3 is 2. The molecule has 2 aromatic carbocycles. The first kappa shape index (κ1) is 12.9. The molecule has 3 rings (SSSR count). The minimum Gasteiger partial charge on any atom is -0.471 e. The van der Waals surface area contributed by atoms with Crippen LogP contribution in [0, 0.1) is 0 Å². The number of hydrogen-bond donors (Lipinski definition) is 0. The van der Waals surface area contributed by atoms with Gasteiger partial charge in [-0.1, -0.05) is 30.3 Å². The van der Waals surface area contributed by atoms with Gasteiger partial charge in [0.15, 0.2) is 6.29 Å². The van der Waals surface area contributed by atoms with E-state index in [1.54, 1.807) is 26.7 Å². The van der Waals surface area contributed by atoms with Gasteiger partial charge >= 0.3 is 0 Å². The van der Waals surface area contributed by atoms with E-state index in [0.717, 1.165) is 27.5 Å². The van der Waals surface area contributed by atoms with Crippen molar-refractivity contribution in [3.8, 4) is 11.1 Å². The maximum atomic E-state index is 5.30. The summed E-state index contributed by atoms with van der Waals surface area (Å²) in [5.74, 6) is 0. The molecule has 0 amide bonds. The van der Waals surface area contributed by atoms with Gasteiger partial charge in [-0.05, 0) is 23.3 Å². The predicted octanol–water partition coefficient (Wildman–Crippen LogP) is 4.39. The molecule has 3 nitrogen and oxygen atoms in total. The van der Waals surface area contributed by atoms with Crippen LogP contribution < -0.4 is 0 Å². The lowest BCUT2D eigenvalue weighted by Gasteiger charge is -2.14. The summed E-state index contributed by atoms with van der Waals surface area (Å²) in [5, 5.41) is 2.21. The zero-order chi connectivity index (χ0) is 13.9. The first-order chi connectivity index (χ1) is 9.81. The van der Waals surface area contributed by atoms with E-state index in [9.17, 15) is 0 Å². The summed E-state index contributed by atoms with van der Waals surface area (Å²) in [7, 11) is 3.27. The maximum Gasteiger partial charge on any atom is 0.183 e. The van der Waals surface area contributed by atoms with Crippen molar-refractivity contribution in [2.24, 2.45) is 0 Å². The van der Waals surface area contributed by atoms with E-state index in [0.29, 0.717) is 0 Å². The molecule has 3 heteroatoms. The number of rotatable bonds is 4. The van der Waals surface area contributed by atoms with Crippen molar-refractivity contribution in [2.75, 3.05) is 14.2 Å². The molecule has 3 aromatic rings. The van der Waals surface area contributed by atoms with Crippen LogP contribution in [0.3, 0.4) is 0 Å². The highest BCUT2D eigenvalue weighted by atomic mass is 16.7. The Labute approximate surface area is 117 Å². The smallest absolute Gasteiger partial charge is 0.183 e. The molecule has 0 aliphatic carbocycles. The highest BCUT2D eigenvalue weighted by molar-refractivity contribution is 5.86. The molecule has 0 atom stereocenters. The lowest BCUT2D eigenvalue weighted by Crippen LogP contribution is -2.03. The number of furan rings is 1. The number of ether oxygens (including phenoxy) is 2. The molecule has 1 aromatic heterocycles. The van der Waals surface area contributed by atoms with Gasteiger partial charge in [0.1, 0.15) is 0 Å². The van der Waals surface area contributed by atoms with E-state index in [-0.39, 0.29) is 6.29 Å². The van der Waals surface area contributed by atoms with Gasteiger partial charge in [0.2, 0.25) is 0 Å². The lowest BCUT2D eigenvalue weighted by atomic mass is 10.0. The molecule has 0 spiro atoms. The van der Waals surface area contributed by atoms with Crippen molar-refractivity contribution in [2.45, 2.75) is 6.29 Å². The van der Waals surface area contributed by atoms with E-state index < -0.39 is 0 Å². The Kier molecular flexibility index (Phi) is 3.54. The summed E-state index contributed by atoms with van der Waals surface area (Å²) in [6.07, 6.45) is 3.17. The van der Waals surface area contributed by atoms with Crippen LogP contribution in [0.2, 0.25) is 0 Å². The molecule has 0 aliphatic rings. The predicted molar refractivity (Wildman–Crippen MR) is 78.4 cm³/mol. The van der Waals surface area contributed by atoms with Crippen molar-refractivity contribution < 1.29 is 13.9 Å². The fourth-order valence-corrected chi connectivity index (χ4v) is 2.38. The van der Waals surface area contributed by atoms with E-state index in [4.69, 9.17) is 13.9 Å². The Hall–Kier alpha value is -2.10. The quantitative estimate of drug-likeness (QED) is 0.657. The van der Waals surface area contributed by atoms with Gasteiger partial charge in [0.05, 0.1) is 12.5 Å². The van der Waals surface area contributed by atoms with Gasteiger partial charge in [-0.2, -0.15) is 0 Å². The van der Waals surface area contributed by atoms with Crippen molar-refractivity contribution >= 4 is 10.8 Å². The Morgan fingerprint density at radius 3 is 2.40 bits per heavy atom. The molecule has 0 N–H and O–H groups in total. The third-order valence-corrected chi connectivity index (χ3v) is 3.40. The van der Waals surface area contributed by atoms with E-state index >= 15 is 0 Å². The van der Waals surface area contributed by atoms with Gasteiger partial charge in [-0.25, -0.2) is 0 Å². The first-order valence-corrected chi connectivity index (χ1v) is 6.43. The maximum absolute atomic E-state index is 5.30. The van der Waals surface area contributed by atoms with Crippen LogP contribution in [0.4, 0.5) is 0 Å². The molecular formula is C17H16O3. The summed E-state index contributed by atoms with van der Waals surface area (Å²) in [6.45, 7) is 0. The standard InChI is InChI=1S/C17H16O3/c1-18-17(19-2)14-5-3-4-12(8-14)13-6-7-15-10-20-11-16(15)9-13/h3-11,17H,1-2H3. The van der Waals surface area contributed by atoms with Gasteiger partial charge in [0.25, 0.3) is 0 Å². The molecule has 20 heavy (non-hydrogen) atoms. The van der Waals surface area contributed by atoms with Gasteiger partial charge in [-0.3, -0.25) is 0 Å². The molecular weight excluding hydrogens is 252 g/mol. The minimum atomic E-state index is -0.340. The van der Waals surface area contributed by atoms with Gasteiger partial charge in [0, 0.05) is 30.6 Å². The third kappa shape index (κ3) is 2.33. The molecule has 0 fully saturated rings. The van der Waals surface area contributed by atoms with Crippen LogP contribution in [-0.2, 0) is 9.47 Å². The second-order valence-electron chi connectivity index (χ2n) is 4.64. The monoisotopic (exact) mass is 268 g/mol. The number of benzene rings is 2. The molecule has 0 aliphatic heterocycles. The fourth-order valence-electron chi connectivity index (χ4n) is 2.38. The minimum absolute atomic E-state index is 0.340. The Balaban J connectivity index is 2.02. The van der Waals surface area contributed by atoms with Crippen LogP contribution in [0.5, 0.6) is 0 Å². The van der Waals surface area contributed by atoms with E-state index in [1.807, 2.05) is 12.1 Å². The van der Waals surface area contributed by atoms with Gasteiger partial charge in [-0.15, -0.1) is 0 Å². The number of fused-ring (bicyclic) bond motifs is 1.